The first-order valence-electron chi connectivity index (χ1n) is 14.9. The maximum atomic E-state index is 15.8. The van der Waals surface area contributed by atoms with Crippen molar-refractivity contribution < 1.29 is 27.8 Å². The van der Waals surface area contributed by atoms with Crippen LogP contribution in [0.2, 0.25) is 5.15 Å². The molecule has 2 amide bonds. The van der Waals surface area contributed by atoms with E-state index in [4.69, 9.17) is 26.1 Å². The topological polar surface area (TPSA) is 106 Å². The fourth-order valence-corrected chi connectivity index (χ4v) is 6.47. The van der Waals surface area contributed by atoms with Crippen molar-refractivity contribution in [2.24, 2.45) is 0 Å². The second kappa shape index (κ2) is 11.6. The number of anilines is 1. The first-order valence-corrected chi connectivity index (χ1v) is 15.3. The van der Waals surface area contributed by atoms with E-state index in [1.54, 1.807) is 16.0 Å². The molecule has 4 aliphatic rings. The molecule has 44 heavy (non-hydrogen) atoms. The van der Waals surface area contributed by atoms with E-state index in [0.717, 1.165) is 30.2 Å². The minimum Gasteiger partial charge on any atom is -0.480 e. The predicted molar refractivity (Wildman–Crippen MR) is 154 cm³/mol. The predicted octanol–water partition coefficient (Wildman–Crippen LogP) is 3.23. The minimum atomic E-state index is -0.859. The van der Waals surface area contributed by atoms with E-state index in [9.17, 15) is 9.59 Å². The van der Waals surface area contributed by atoms with Crippen LogP contribution in [0.25, 0.3) is 0 Å². The van der Waals surface area contributed by atoms with Crippen LogP contribution in [0, 0.1) is 11.6 Å². The molecule has 1 unspecified atom stereocenters. The number of amides is 2. The van der Waals surface area contributed by atoms with Crippen LogP contribution in [0.5, 0.6) is 5.75 Å². The van der Waals surface area contributed by atoms with E-state index in [-0.39, 0.29) is 34.9 Å². The fourth-order valence-electron chi connectivity index (χ4n) is 6.28. The Morgan fingerprint density at radius 2 is 1.86 bits per heavy atom. The maximum Gasteiger partial charge on any atom is 0.261 e. The summed E-state index contributed by atoms with van der Waals surface area (Å²) in [5.41, 5.74) is 2.41. The second-order valence-electron chi connectivity index (χ2n) is 11.6. The summed E-state index contributed by atoms with van der Waals surface area (Å²) < 4.78 is 43.9. The smallest absolute Gasteiger partial charge is 0.261 e. The lowest BCUT2D eigenvalue weighted by Crippen LogP contribution is -2.45. The van der Waals surface area contributed by atoms with Crippen LogP contribution < -0.4 is 9.64 Å². The Morgan fingerprint density at radius 1 is 1.07 bits per heavy atom. The zero-order valence-electron chi connectivity index (χ0n) is 24.3. The third kappa shape index (κ3) is 5.36. The average molecular weight is 628 g/mol. The van der Waals surface area contributed by atoms with Crippen LogP contribution >= 0.6 is 11.6 Å². The van der Waals surface area contributed by atoms with Crippen LogP contribution in [0.4, 0.5) is 14.6 Å². The molecular formula is C30H32ClF2N7O4. The standard InChI is InChI=1S/C30H32ClF2N7O4/c1-17(41)38-6-7-39-24(15-38)35-22-4-5-40(28(27(22)39)26-20(32)12-19(14-34-26)18-2-3-18)25(42)16-44-23-13-21(33)30(36-29(23)31)37-8-10-43-11-9-37/h12-14,18,28H,2-11,15-16H2,1H3. The summed E-state index contributed by atoms with van der Waals surface area (Å²) >= 11 is 6.36. The first kappa shape index (κ1) is 28.9. The Morgan fingerprint density at radius 3 is 2.59 bits per heavy atom. The number of carbonyl (C=O) groups excluding carboxylic acids is 2. The van der Waals surface area contributed by atoms with Crippen molar-refractivity contribution in [3.8, 4) is 5.75 Å². The summed E-state index contributed by atoms with van der Waals surface area (Å²) in [6, 6.07) is 1.79. The van der Waals surface area contributed by atoms with Gasteiger partial charge < -0.3 is 28.7 Å². The average Bonchev–Trinajstić information content (AvgIpc) is 3.81. The molecule has 0 spiro atoms. The van der Waals surface area contributed by atoms with E-state index in [1.165, 1.54) is 17.9 Å². The molecule has 3 aromatic rings. The second-order valence-corrected chi connectivity index (χ2v) is 11.9. The Balaban J connectivity index is 1.18. The molecule has 1 atom stereocenters. The Kier molecular flexibility index (Phi) is 7.61. The number of hydrogen-bond acceptors (Lipinski definition) is 8. The number of halogens is 3. The molecular weight excluding hydrogens is 596 g/mol. The Labute approximate surface area is 257 Å². The molecule has 0 radical (unpaired) electrons. The van der Waals surface area contributed by atoms with Gasteiger partial charge in [0.15, 0.2) is 29.1 Å². The van der Waals surface area contributed by atoms with E-state index >= 15 is 8.78 Å². The molecule has 11 nitrogen and oxygen atoms in total. The van der Waals surface area contributed by atoms with Gasteiger partial charge in [-0.2, -0.15) is 0 Å². The minimum absolute atomic E-state index is 0.0475. The Bertz CT molecular complexity index is 1630. The highest BCUT2D eigenvalue weighted by atomic mass is 35.5. The highest BCUT2D eigenvalue weighted by Gasteiger charge is 2.41. The number of rotatable bonds is 6. The number of aromatic nitrogens is 4. The van der Waals surface area contributed by atoms with Crippen molar-refractivity contribution in [3.63, 3.8) is 0 Å². The van der Waals surface area contributed by atoms with Gasteiger partial charge in [-0.3, -0.25) is 14.6 Å². The molecule has 3 aromatic heterocycles. The van der Waals surface area contributed by atoms with Crippen molar-refractivity contribution >= 4 is 29.2 Å². The summed E-state index contributed by atoms with van der Waals surface area (Å²) in [5, 5.41) is -0.0681. The number of pyridine rings is 2. The van der Waals surface area contributed by atoms with Crippen LogP contribution in [0.3, 0.4) is 0 Å². The molecule has 14 heteroatoms. The van der Waals surface area contributed by atoms with E-state index in [1.807, 2.05) is 4.57 Å². The van der Waals surface area contributed by atoms with Crippen molar-refractivity contribution in [1.82, 2.24) is 29.3 Å². The van der Waals surface area contributed by atoms with E-state index in [0.29, 0.717) is 69.8 Å². The number of hydrogen-bond donors (Lipinski definition) is 0. The summed E-state index contributed by atoms with van der Waals surface area (Å²) in [6.45, 7) is 4.44. The zero-order valence-corrected chi connectivity index (χ0v) is 25.0. The first-order chi connectivity index (χ1) is 21.3. The molecule has 1 aliphatic carbocycles. The van der Waals surface area contributed by atoms with Gasteiger partial charge in [0.1, 0.15) is 23.4 Å². The molecule has 1 saturated carbocycles. The van der Waals surface area contributed by atoms with Crippen LogP contribution in [-0.4, -0.2) is 87.1 Å². The SMILES string of the molecule is CC(=O)N1CCn2c(nc3c2C(c2ncc(C4CC4)cc2F)N(C(=O)COc2cc(F)c(N4CCOCC4)nc2Cl)CC3)C1. The summed E-state index contributed by atoms with van der Waals surface area (Å²) in [6.07, 6.45) is 4.14. The normalized spacial score (nSPS) is 19.9. The summed E-state index contributed by atoms with van der Waals surface area (Å²) in [7, 11) is 0. The molecule has 1 saturated heterocycles. The monoisotopic (exact) mass is 627 g/mol. The van der Waals surface area contributed by atoms with Crippen LogP contribution in [0.15, 0.2) is 18.3 Å². The molecule has 7 rings (SSSR count). The Hall–Kier alpha value is -3.84. The van der Waals surface area contributed by atoms with Crippen molar-refractivity contribution in [1.29, 1.82) is 0 Å². The number of imidazole rings is 1. The lowest BCUT2D eigenvalue weighted by atomic mass is 9.97. The van der Waals surface area contributed by atoms with Crippen LogP contribution in [-0.2, 0) is 33.8 Å². The molecule has 0 aromatic carbocycles. The van der Waals surface area contributed by atoms with Gasteiger partial charge in [0.05, 0.1) is 31.1 Å². The number of ether oxygens (including phenoxy) is 2. The zero-order chi connectivity index (χ0) is 30.5. The molecule has 3 aliphatic heterocycles. The molecule has 232 valence electrons. The lowest BCUT2D eigenvalue weighted by molar-refractivity contribution is -0.135. The van der Waals surface area contributed by atoms with Gasteiger partial charge in [-0.1, -0.05) is 11.6 Å². The van der Waals surface area contributed by atoms with Crippen molar-refractivity contribution in [3.05, 3.63) is 63.6 Å². The van der Waals surface area contributed by atoms with Crippen LogP contribution in [0.1, 0.15) is 60.2 Å². The third-order valence-electron chi connectivity index (χ3n) is 8.75. The number of nitrogens with zero attached hydrogens (tertiary/aromatic N) is 7. The fraction of sp³-hybridized carbons (Fsp3) is 0.500. The van der Waals surface area contributed by atoms with Gasteiger partial charge in [-0.05, 0) is 30.4 Å². The van der Waals surface area contributed by atoms with E-state index in [2.05, 4.69) is 9.97 Å². The largest absolute Gasteiger partial charge is 0.480 e. The van der Waals surface area contributed by atoms with Crippen molar-refractivity contribution in [2.75, 3.05) is 50.9 Å². The molecule has 0 bridgehead atoms. The number of fused-ring (bicyclic) bond motifs is 3. The lowest BCUT2D eigenvalue weighted by Gasteiger charge is -2.37. The van der Waals surface area contributed by atoms with Gasteiger partial charge >= 0.3 is 0 Å². The summed E-state index contributed by atoms with van der Waals surface area (Å²) in [4.78, 5) is 44.4. The third-order valence-corrected chi connectivity index (χ3v) is 9.02. The number of morpholine rings is 1. The van der Waals surface area contributed by atoms with Crippen molar-refractivity contribution in [2.45, 2.75) is 51.2 Å². The van der Waals surface area contributed by atoms with Gasteiger partial charge in [0.25, 0.3) is 5.91 Å². The summed E-state index contributed by atoms with van der Waals surface area (Å²) in [5.74, 6) is -0.559. The highest BCUT2D eigenvalue weighted by molar-refractivity contribution is 6.31. The van der Waals surface area contributed by atoms with Gasteiger partial charge in [-0.15, -0.1) is 0 Å². The van der Waals surface area contributed by atoms with Gasteiger partial charge in [0, 0.05) is 58.3 Å². The van der Waals surface area contributed by atoms with Gasteiger partial charge in [-0.25, -0.2) is 18.7 Å². The molecule has 0 N–H and O–H groups in total. The highest BCUT2D eigenvalue weighted by Crippen LogP contribution is 2.42. The van der Waals surface area contributed by atoms with Gasteiger partial charge in [0.2, 0.25) is 5.91 Å². The number of carbonyl (C=O) groups is 2. The maximum absolute atomic E-state index is 15.8. The molecule has 6 heterocycles. The van der Waals surface area contributed by atoms with E-state index < -0.39 is 30.2 Å². The molecule has 2 fully saturated rings. The quantitative estimate of drug-likeness (QED) is 0.384.